The Morgan fingerprint density at radius 3 is 2.60 bits per heavy atom. The predicted octanol–water partition coefficient (Wildman–Crippen LogP) is 3.77. The molecule has 0 spiro atoms. The lowest BCUT2D eigenvalue weighted by atomic mass is 9.89. The van der Waals surface area contributed by atoms with Crippen LogP contribution in [0, 0.1) is 5.92 Å². The van der Waals surface area contributed by atoms with Crippen LogP contribution in [0.1, 0.15) is 57.8 Å². The van der Waals surface area contributed by atoms with Crippen LogP contribution in [0.4, 0.5) is 0 Å². The highest BCUT2D eigenvalue weighted by Crippen LogP contribution is 2.24. The molecule has 0 atom stereocenters. The molecule has 2 nitrogen and oxygen atoms in total. The first-order valence-corrected chi connectivity index (χ1v) is 6.17. The van der Waals surface area contributed by atoms with E-state index < -0.39 is 5.97 Å². The van der Waals surface area contributed by atoms with E-state index in [1.807, 2.05) is 0 Å². The predicted molar refractivity (Wildman–Crippen MR) is 61.8 cm³/mol. The Labute approximate surface area is 92.4 Å². The highest BCUT2D eigenvalue weighted by atomic mass is 16.4. The summed E-state index contributed by atoms with van der Waals surface area (Å²) >= 11 is 0. The molecule has 0 aromatic heterocycles. The zero-order valence-electron chi connectivity index (χ0n) is 9.45. The van der Waals surface area contributed by atoms with E-state index in [9.17, 15) is 4.79 Å². The van der Waals surface area contributed by atoms with Crippen molar-refractivity contribution in [3.63, 3.8) is 0 Å². The van der Waals surface area contributed by atoms with Gasteiger partial charge in [0.05, 0.1) is 0 Å². The van der Waals surface area contributed by atoms with Crippen LogP contribution in [-0.2, 0) is 4.79 Å². The molecule has 0 aromatic rings. The van der Waals surface area contributed by atoms with Gasteiger partial charge in [-0.2, -0.15) is 0 Å². The van der Waals surface area contributed by atoms with Crippen LogP contribution >= 0.6 is 0 Å². The van der Waals surface area contributed by atoms with Crippen LogP contribution in [0.3, 0.4) is 0 Å². The fourth-order valence-electron chi connectivity index (χ4n) is 2.15. The van der Waals surface area contributed by atoms with Crippen LogP contribution in [-0.4, -0.2) is 11.1 Å². The number of unbranched alkanes of at least 4 members (excludes halogenated alkanes) is 2. The molecular formula is C13H22O2. The minimum atomic E-state index is -0.675. The summed E-state index contributed by atoms with van der Waals surface area (Å²) in [5.74, 6) is 0.129. The zero-order chi connectivity index (χ0) is 10.9. The van der Waals surface area contributed by atoms with E-state index in [0.29, 0.717) is 6.42 Å². The van der Waals surface area contributed by atoms with E-state index in [-0.39, 0.29) is 0 Å². The zero-order valence-corrected chi connectivity index (χ0v) is 9.45. The fourth-order valence-corrected chi connectivity index (χ4v) is 2.15. The molecule has 1 fully saturated rings. The highest BCUT2D eigenvalue weighted by molar-refractivity contribution is 5.66. The Morgan fingerprint density at radius 1 is 1.20 bits per heavy atom. The quantitative estimate of drug-likeness (QED) is 0.535. The molecule has 1 aliphatic rings. The summed E-state index contributed by atoms with van der Waals surface area (Å²) in [6.07, 6.45) is 14.7. The molecule has 0 aromatic carbocycles. The molecule has 0 bridgehead atoms. The minimum absolute atomic E-state index is 0.317. The second-order valence-electron chi connectivity index (χ2n) is 4.47. The molecule has 0 unspecified atom stereocenters. The Kier molecular flexibility index (Phi) is 6.14. The molecule has 0 radical (unpaired) electrons. The number of hydrogen-bond acceptors (Lipinski definition) is 1. The molecular weight excluding hydrogens is 188 g/mol. The summed E-state index contributed by atoms with van der Waals surface area (Å²) in [7, 11) is 0. The van der Waals surface area contributed by atoms with Gasteiger partial charge in [0.15, 0.2) is 0 Å². The third kappa shape index (κ3) is 6.32. The number of aliphatic carboxylic acids is 1. The van der Waals surface area contributed by atoms with E-state index >= 15 is 0 Å². The summed E-state index contributed by atoms with van der Waals surface area (Å²) in [5, 5.41) is 8.46. The standard InChI is InChI=1S/C13H22O2/c14-13(15)11-7-2-1-4-8-12-9-5-3-6-10-12/h4,8,12H,1-3,5-7,9-11H2,(H,14,15)/b8-4+. The van der Waals surface area contributed by atoms with E-state index in [1.54, 1.807) is 0 Å². The van der Waals surface area contributed by atoms with Gasteiger partial charge in [-0.25, -0.2) is 0 Å². The topological polar surface area (TPSA) is 37.3 Å². The summed E-state index contributed by atoms with van der Waals surface area (Å²) in [5.41, 5.74) is 0. The molecule has 1 aliphatic carbocycles. The first-order chi connectivity index (χ1) is 7.29. The Balaban J connectivity index is 1.98. The third-order valence-electron chi connectivity index (χ3n) is 3.07. The van der Waals surface area contributed by atoms with Crippen molar-refractivity contribution in [1.29, 1.82) is 0 Å². The lowest BCUT2D eigenvalue weighted by molar-refractivity contribution is -0.137. The molecule has 0 amide bonds. The van der Waals surface area contributed by atoms with Crippen LogP contribution in [0.5, 0.6) is 0 Å². The van der Waals surface area contributed by atoms with Crippen LogP contribution in [0.2, 0.25) is 0 Å². The van der Waals surface area contributed by atoms with Crippen molar-refractivity contribution in [1.82, 2.24) is 0 Å². The van der Waals surface area contributed by atoms with Crippen molar-refractivity contribution in [2.75, 3.05) is 0 Å². The second-order valence-corrected chi connectivity index (χ2v) is 4.47. The number of carboxylic acids is 1. The first kappa shape index (κ1) is 12.3. The summed E-state index contributed by atoms with van der Waals surface area (Å²) < 4.78 is 0. The molecule has 0 aliphatic heterocycles. The van der Waals surface area contributed by atoms with Gasteiger partial charge in [-0.3, -0.25) is 4.79 Å². The molecule has 1 saturated carbocycles. The van der Waals surface area contributed by atoms with Crippen LogP contribution in [0.15, 0.2) is 12.2 Å². The lowest BCUT2D eigenvalue weighted by Crippen LogP contribution is -2.02. The molecule has 2 heteroatoms. The third-order valence-corrected chi connectivity index (χ3v) is 3.07. The van der Waals surface area contributed by atoms with Gasteiger partial charge in [0.2, 0.25) is 0 Å². The number of carboxylic acid groups (broad SMARTS) is 1. The maximum atomic E-state index is 10.3. The number of allylic oxidation sites excluding steroid dienone is 2. The van der Waals surface area contributed by atoms with Gasteiger partial charge in [0.25, 0.3) is 0 Å². The van der Waals surface area contributed by atoms with E-state index in [0.717, 1.165) is 25.2 Å². The van der Waals surface area contributed by atoms with Crippen molar-refractivity contribution >= 4 is 5.97 Å². The number of rotatable bonds is 6. The minimum Gasteiger partial charge on any atom is -0.481 e. The normalized spacial score (nSPS) is 18.4. The van der Waals surface area contributed by atoms with E-state index in [4.69, 9.17) is 5.11 Å². The van der Waals surface area contributed by atoms with Gasteiger partial charge < -0.3 is 5.11 Å². The second kappa shape index (κ2) is 7.49. The van der Waals surface area contributed by atoms with Gasteiger partial charge >= 0.3 is 5.97 Å². The monoisotopic (exact) mass is 210 g/mol. The van der Waals surface area contributed by atoms with Gasteiger partial charge in [0, 0.05) is 6.42 Å². The average molecular weight is 210 g/mol. The molecule has 0 saturated heterocycles. The fraction of sp³-hybridized carbons (Fsp3) is 0.769. The lowest BCUT2D eigenvalue weighted by Gasteiger charge is -2.17. The van der Waals surface area contributed by atoms with Crippen LogP contribution < -0.4 is 0 Å². The molecule has 86 valence electrons. The summed E-state index contributed by atoms with van der Waals surface area (Å²) in [6, 6.07) is 0. The van der Waals surface area contributed by atoms with Crippen molar-refractivity contribution in [3.8, 4) is 0 Å². The van der Waals surface area contributed by atoms with Gasteiger partial charge in [-0.05, 0) is 38.0 Å². The average Bonchev–Trinajstić information content (AvgIpc) is 2.24. The molecule has 0 heterocycles. The van der Waals surface area contributed by atoms with Crippen molar-refractivity contribution in [2.24, 2.45) is 5.92 Å². The van der Waals surface area contributed by atoms with Gasteiger partial charge in [-0.15, -0.1) is 0 Å². The number of carbonyl (C=O) groups is 1. The van der Waals surface area contributed by atoms with E-state index in [2.05, 4.69) is 12.2 Å². The van der Waals surface area contributed by atoms with Gasteiger partial charge in [-0.1, -0.05) is 31.4 Å². The maximum absolute atomic E-state index is 10.3. The van der Waals surface area contributed by atoms with Crippen molar-refractivity contribution < 1.29 is 9.90 Å². The Morgan fingerprint density at radius 2 is 1.93 bits per heavy atom. The van der Waals surface area contributed by atoms with Crippen molar-refractivity contribution in [2.45, 2.75) is 57.8 Å². The van der Waals surface area contributed by atoms with E-state index in [1.165, 1.54) is 32.1 Å². The van der Waals surface area contributed by atoms with Gasteiger partial charge in [0.1, 0.15) is 0 Å². The van der Waals surface area contributed by atoms with Crippen molar-refractivity contribution in [3.05, 3.63) is 12.2 Å². The number of hydrogen-bond donors (Lipinski definition) is 1. The Hall–Kier alpha value is -0.790. The Bertz CT molecular complexity index is 203. The smallest absolute Gasteiger partial charge is 0.303 e. The van der Waals surface area contributed by atoms with Crippen LogP contribution in [0.25, 0.3) is 0 Å². The SMILES string of the molecule is O=C(O)CCCC/C=C/C1CCCCC1. The summed E-state index contributed by atoms with van der Waals surface area (Å²) in [4.78, 5) is 10.3. The molecule has 15 heavy (non-hydrogen) atoms. The summed E-state index contributed by atoms with van der Waals surface area (Å²) in [6.45, 7) is 0. The first-order valence-electron chi connectivity index (χ1n) is 6.17. The molecule has 1 N–H and O–H groups in total. The highest BCUT2D eigenvalue weighted by Gasteiger charge is 2.09. The maximum Gasteiger partial charge on any atom is 0.303 e. The molecule has 1 rings (SSSR count). The largest absolute Gasteiger partial charge is 0.481 e.